The summed E-state index contributed by atoms with van der Waals surface area (Å²) in [5.74, 6) is 1.82. The molecule has 3 aliphatic rings. The molecule has 5 nitrogen and oxygen atoms in total. The van der Waals surface area contributed by atoms with Gasteiger partial charge in [-0.3, -0.25) is 0 Å². The summed E-state index contributed by atoms with van der Waals surface area (Å²) in [7, 11) is 0. The number of likely N-dealkylation sites (tertiary alicyclic amines) is 1. The number of hydrogen-bond donors (Lipinski definition) is 0. The molecule has 2 saturated heterocycles. The first-order valence-corrected chi connectivity index (χ1v) is 12.4. The van der Waals surface area contributed by atoms with E-state index in [1.165, 1.54) is 6.42 Å². The van der Waals surface area contributed by atoms with Crippen molar-refractivity contribution in [2.24, 2.45) is 11.8 Å². The quantitative estimate of drug-likeness (QED) is 0.532. The fourth-order valence-electron chi connectivity index (χ4n) is 5.91. The SMILES string of the molecule is CC(C)CCC[C@]1(C)Oc2ccccc2[C@H]2OC[C@]3(CCCN3C(=O)OC(C)(C)C)C[C@@H]21. The predicted molar refractivity (Wildman–Crippen MR) is 126 cm³/mol. The van der Waals surface area contributed by atoms with Crippen molar-refractivity contribution < 1.29 is 19.0 Å². The standard InChI is InChI=1S/C27H41NO4/c1-19(2)11-9-14-26(6)21-17-27(15-10-16-28(27)24(29)32-25(3,4)5)18-30-23(21)20-12-7-8-13-22(20)31-26/h7-8,12-13,19,21,23H,9-11,14-18H2,1-6H3/t21-,23+,26-,27-/m0/s1. The average molecular weight is 444 g/mol. The van der Waals surface area contributed by atoms with Crippen LogP contribution in [0.5, 0.6) is 5.75 Å². The normalized spacial score (nSPS) is 31.9. The Bertz CT molecular complexity index is 831. The molecule has 0 aliphatic carbocycles. The third kappa shape index (κ3) is 4.50. The first kappa shape index (κ1) is 23.4. The lowest BCUT2D eigenvalue weighted by Crippen LogP contribution is -2.60. The number of carbonyl (C=O) groups excluding carboxylic acids is 1. The number of para-hydroxylation sites is 1. The average Bonchev–Trinajstić information content (AvgIpc) is 3.10. The third-order valence-electron chi connectivity index (χ3n) is 7.51. The number of amides is 1. The minimum atomic E-state index is -0.503. The van der Waals surface area contributed by atoms with Crippen LogP contribution in [0.25, 0.3) is 0 Å². The maximum absolute atomic E-state index is 13.1. The molecule has 4 atom stereocenters. The topological polar surface area (TPSA) is 48.0 Å². The van der Waals surface area contributed by atoms with Crippen LogP contribution in [0.1, 0.15) is 91.7 Å². The molecule has 1 aromatic rings. The molecule has 0 unspecified atom stereocenters. The van der Waals surface area contributed by atoms with Crippen LogP contribution in [-0.4, -0.2) is 40.9 Å². The Kier molecular flexibility index (Phi) is 6.26. The Morgan fingerprint density at radius 1 is 1.28 bits per heavy atom. The van der Waals surface area contributed by atoms with Crippen LogP contribution in [0.3, 0.4) is 0 Å². The van der Waals surface area contributed by atoms with E-state index >= 15 is 0 Å². The lowest BCUT2D eigenvalue weighted by Gasteiger charge is -2.54. The van der Waals surface area contributed by atoms with Gasteiger partial charge in [0.05, 0.1) is 18.2 Å². The maximum atomic E-state index is 13.1. The van der Waals surface area contributed by atoms with Crippen molar-refractivity contribution in [2.45, 2.75) is 103 Å². The number of rotatable bonds is 4. The second-order valence-electron chi connectivity index (χ2n) is 11.7. The van der Waals surface area contributed by atoms with E-state index in [-0.39, 0.29) is 29.3 Å². The van der Waals surface area contributed by atoms with Crippen molar-refractivity contribution in [3.63, 3.8) is 0 Å². The minimum absolute atomic E-state index is 0.00992. The summed E-state index contributed by atoms with van der Waals surface area (Å²) in [5, 5.41) is 0. The molecule has 0 saturated carbocycles. The van der Waals surface area contributed by atoms with Gasteiger partial charge in [0.15, 0.2) is 0 Å². The summed E-state index contributed by atoms with van der Waals surface area (Å²) < 4.78 is 19.2. The molecule has 32 heavy (non-hydrogen) atoms. The summed E-state index contributed by atoms with van der Waals surface area (Å²) in [6, 6.07) is 8.32. The molecule has 0 bridgehead atoms. The Hall–Kier alpha value is -1.75. The Balaban J connectivity index is 1.62. The first-order chi connectivity index (χ1) is 15.0. The summed E-state index contributed by atoms with van der Waals surface area (Å²) in [6.07, 6.45) is 5.94. The summed E-state index contributed by atoms with van der Waals surface area (Å²) >= 11 is 0. The van der Waals surface area contributed by atoms with Gasteiger partial charge in [0.1, 0.15) is 17.0 Å². The van der Waals surface area contributed by atoms with Crippen molar-refractivity contribution in [1.29, 1.82) is 0 Å². The molecule has 3 aliphatic heterocycles. The van der Waals surface area contributed by atoms with Gasteiger partial charge in [-0.15, -0.1) is 0 Å². The van der Waals surface area contributed by atoms with E-state index in [0.29, 0.717) is 12.5 Å². The van der Waals surface area contributed by atoms with Gasteiger partial charge in [-0.1, -0.05) is 38.5 Å². The van der Waals surface area contributed by atoms with Gasteiger partial charge in [0.2, 0.25) is 0 Å². The second kappa shape index (κ2) is 8.55. The minimum Gasteiger partial charge on any atom is -0.487 e. The second-order valence-corrected chi connectivity index (χ2v) is 11.7. The molecule has 1 amide bonds. The molecular weight excluding hydrogens is 402 g/mol. The lowest BCUT2D eigenvalue weighted by atomic mass is 9.68. The molecular formula is C27H41NO4. The van der Waals surface area contributed by atoms with Gasteiger partial charge in [0.25, 0.3) is 0 Å². The van der Waals surface area contributed by atoms with E-state index in [1.807, 2.05) is 31.7 Å². The first-order valence-electron chi connectivity index (χ1n) is 12.4. The highest BCUT2D eigenvalue weighted by Crippen LogP contribution is 2.55. The van der Waals surface area contributed by atoms with Crippen LogP contribution in [-0.2, 0) is 9.47 Å². The van der Waals surface area contributed by atoms with Crippen LogP contribution in [0.15, 0.2) is 24.3 Å². The Morgan fingerprint density at radius 3 is 2.75 bits per heavy atom. The summed E-state index contributed by atoms with van der Waals surface area (Å²) in [6.45, 7) is 13.9. The molecule has 0 N–H and O–H groups in total. The fraction of sp³-hybridized carbons (Fsp3) is 0.741. The molecule has 0 aromatic heterocycles. The Labute approximate surface area is 193 Å². The van der Waals surface area contributed by atoms with E-state index in [0.717, 1.165) is 50.0 Å². The van der Waals surface area contributed by atoms with E-state index in [4.69, 9.17) is 14.2 Å². The zero-order valence-corrected chi connectivity index (χ0v) is 20.8. The number of benzene rings is 1. The van der Waals surface area contributed by atoms with Crippen molar-refractivity contribution in [1.82, 2.24) is 4.90 Å². The number of nitrogens with zero attached hydrogens (tertiary/aromatic N) is 1. The van der Waals surface area contributed by atoms with Crippen LogP contribution >= 0.6 is 0 Å². The molecule has 0 radical (unpaired) electrons. The number of fused-ring (bicyclic) bond motifs is 3. The number of hydrogen-bond acceptors (Lipinski definition) is 4. The van der Waals surface area contributed by atoms with Crippen LogP contribution in [0.2, 0.25) is 0 Å². The smallest absolute Gasteiger partial charge is 0.410 e. The van der Waals surface area contributed by atoms with Crippen LogP contribution < -0.4 is 4.74 Å². The molecule has 5 heteroatoms. The lowest BCUT2D eigenvalue weighted by molar-refractivity contribution is -0.170. The van der Waals surface area contributed by atoms with Gasteiger partial charge in [-0.05, 0) is 71.8 Å². The monoisotopic (exact) mass is 443 g/mol. The molecule has 3 heterocycles. The third-order valence-corrected chi connectivity index (χ3v) is 7.51. The van der Waals surface area contributed by atoms with Gasteiger partial charge in [0, 0.05) is 18.0 Å². The van der Waals surface area contributed by atoms with E-state index in [9.17, 15) is 4.79 Å². The van der Waals surface area contributed by atoms with Crippen molar-refractivity contribution in [3.8, 4) is 5.75 Å². The summed E-state index contributed by atoms with van der Waals surface area (Å²) in [4.78, 5) is 15.1. The molecule has 4 rings (SSSR count). The van der Waals surface area contributed by atoms with E-state index < -0.39 is 5.60 Å². The van der Waals surface area contributed by atoms with Crippen molar-refractivity contribution >= 4 is 6.09 Å². The molecule has 178 valence electrons. The van der Waals surface area contributed by atoms with Crippen LogP contribution in [0.4, 0.5) is 4.79 Å². The highest BCUT2D eigenvalue weighted by molar-refractivity contribution is 5.70. The van der Waals surface area contributed by atoms with Crippen LogP contribution in [0, 0.1) is 11.8 Å². The highest BCUT2D eigenvalue weighted by Gasteiger charge is 2.57. The fourth-order valence-corrected chi connectivity index (χ4v) is 5.91. The van der Waals surface area contributed by atoms with Gasteiger partial charge in [-0.25, -0.2) is 4.79 Å². The van der Waals surface area contributed by atoms with Gasteiger partial charge < -0.3 is 19.1 Å². The van der Waals surface area contributed by atoms with E-state index in [2.05, 4.69) is 39.0 Å². The molecule has 1 aromatic carbocycles. The summed E-state index contributed by atoms with van der Waals surface area (Å²) in [5.41, 5.74) is 0.0228. The largest absolute Gasteiger partial charge is 0.487 e. The van der Waals surface area contributed by atoms with Gasteiger partial charge in [-0.2, -0.15) is 0 Å². The molecule has 1 spiro atoms. The highest BCUT2D eigenvalue weighted by atomic mass is 16.6. The van der Waals surface area contributed by atoms with Gasteiger partial charge >= 0.3 is 6.09 Å². The predicted octanol–water partition coefficient (Wildman–Crippen LogP) is 6.51. The zero-order chi connectivity index (χ0) is 23.1. The van der Waals surface area contributed by atoms with Crippen molar-refractivity contribution in [2.75, 3.05) is 13.2 Å². The van der Waals surface area contributed by atoms with Crippen molar-refractivity contribution in [3.05, 3.63) is 29.8 Å². The van der Waals surface area contributed by atoms with E-state index in [1.54, 1.807) is 0 Å². The maximum Gasteiger partial charge on any atom is 0.410 e. The molecule has 2 fully saturated rings. The number of ether oxygens (including phenoxy) is 3. The zero-order valence-electron chi connectivity index (χ0n) is 20.8. The number of carbonyl (C=O) groups is 1. The Morgan fingerprint density at radius 2 is 2.03 bits per heavy atom.